The van der Waals surface area contributed by atoms with Crippen LogP contribution < -0.4 is 9.47 Å². The van der Waals surface area contributed by atoms with Crippen LogP contribution in [0.25, 0.3) is 0 Å². The number of benzene rings is 2. The third-order valence-corrected chi connectivity index (χ3v) is 4.37. The van der Waals surface area contributed by atoms with Crippen molar-refractivity contribution in [1.82, 2.24) is 0 Å². The smallest absolute Gasteiger partial charge is 0.197 e. The summed E-state index contributed by atoms with van der Waals surface area (Å²) >= 11 is 6.64. The Bertz CT molecular complexity index is 668. The number of Topliss-reactive ketones (excluding diaryl/α,β-unsaturated/α-hetero) is 1. The minimum atomic E-state index is -0.834. The van der Waals surface area contributed by atoms with Gasteiger partial charge in [0.1, 0.15) is 24.7 Å². The highest BCUT2D eigenvalue weighted by Crippen LogP contribution is 2.40. The molecular weight excluding hydrogens is 400 g/mol. The Balaban J connectivity index is 1.77. The molecule has 1 aliphatic rings. The van der Waals surface area contributed by atoms with Gasteiger partial charge in [0.15, 0.2) is 9.02 Å². The van der Waals surface area contributed by atoms with Crippen LogP contribution in [-0.2, 0) is 6.61 Å². The molecule has 2 aromatic rings. The number of hydrogen-bond acceptors (Lipinski definition) is 3. The molecule has 0 saturated carbocycles. The number of fused-ring (bicyclic) bond motifs is 1. The van der Waals surface area contributed by atoms with Gasteiger partial charge in [-0.1, -0.05) is 62.2 Å². The maximum absolute atomic E-state index is 12.2. The van der Waals surface area contributed by atoms with Crippen LogP contribution in [0.2, 0.25) is 0 Å². The average molecular weight is 412 g/mol. The van der Waals surface area contributed by atoms with E-state index in [1.54, 1.807) is 18.2 Å². The van der Waals surface area contributed by atoms with E-state index in [2.05, 4.69) is 31.9 Å². The zero-order valence-corrected chi connectivity index (χ0v) is 14.2. The van der Waals surface area contributed by atoms with E-state index in [9.17, 15) is 4.79 Å². The normalized spacial score (nSPS) is 16.0. The van der Waals surface area contributed by atoms with Crippen molar-refractivity contribution in [3.63, 3.8) is 0 Å². The molecule has 21 heavy (non-hydrogen) atoms. The fourth-order valence-electron chi connectivity index (χ4n) is 2.07. The highest BCUT2D eigenvalue weighted by molar-refractivity contribution is 9.26. The molecule has 1 heterocycles. The molecule has 0 aliphatic carbocycles. The molecule has 0 unspecified atom stereocenters. The number of ether oxygens (including phenoxy) is 2. The van der Waals surface area contributed by atoms with Crippen molar-refractivity contribution in [2.45, 2.75) is 9.84 Å². The summed E-state index contributed by atoms with van der Waals surface area (Å²) in [5, 5.41) is 0. The molecule has 2 aromatic carbocycles. The summed E-state index contributed by atoms with van der Waals surface area (Å²) in [7, 11) is 0. The summed E-state index contributed by atoms with van der Waals surface area (Å²) in [6.45, 7) is 0.718. The number of carbonyl (C=O) groups is 1. The molecule has 0 amide bonds. The number of rotatable bonds is 3. The molecule has 1 aliphatic heterocycles. The Morgan fingerprint density at radius 2 is 1.90 bits per heavy atom. The monoisotopic (exact) mass is 410 g/mol. The zero-order valence-electron chi connectivity index (χ0n) is 11.0. The molecule has 0 aromatic heterocycles. The van der Waals surface area contributed by atoms with Crippen LogP contribution in [-0.4, -0.2) is 15.6 Å². The number of hydrogen-bond donors (Lipinski definition) is 0. The van der Waals surface area contributed by atoms with E-state index in [0.29, 0.717) is 23.7 Å². The standard InChI is InChI=1S/C16H12Br2O3/c17-16(18)10-21-14-8-12(6-7-13(14)15(16)19)20-9-11-4-2-1-3-5-11/h1-8H,9-10H2. The summed E-state index contributed by atoms with van der Waals surface area (Å²) in [4.78, 5) is 12.2. The van der Waals surface area contributed by atoms with Crippen molar-refractivity contribution in [2.24, 2.45) is 0 Å². The van der Waals surface area contributed by atoms with Gasteiger partial charge in [0.2, 0.25) is 0 Å². The van der Waals surface area contributed by atoms with E-state index in [1.807, 2.05) is 30.3 Å². The van der Waals surface area contributed by atoms with Crippen molar-refractivity contribution in [3.05, 3.63) is 59.7 Å². The van der Waals surface area contributed by atoms with Gasteiger partial charge in [-0.05, 0) is 17.7 Å². The van der Waals surface area contributed by atoms with Crippen LogP contribution in [0.15, 0.2) is 48.5 Å². The third kappa shape index (κ3) is 3.14. The summed E-state index contributed by atoms with van der Waals surface area (Å²) < 4.78 is 10.5. The first-order valence-electron chi connectivity index (χ1n) is 6.42. The van der Waals surface area contributed by atoms with Gasteiger partial charge in [0.05, 0.1) is 5.56 Å². The lowest BCUT2D eigenvalue weighted by Crippen LogP contribution is -2.36. The maximum atomic E-state index is 12.2. The highest BCUT2D eigenvalue weighted by Gasteiger charge is 2.39. The van der Waals surface area contributed by atoms with Crippen molar-refractivity contribution < 1.29 is 14.3 Å². The van der Waals surface area contributed by atoms with E-state index in [-0.39, 0.29) is 12.4 Å². The zero-order chi connectivity index (χ0) is 14.9. The van der Waals surface area contributed by atoms with Gasteiger partial charge in [-0.25, -0.2) is 0 Å². The Kier molecular flexibility index (Phi) is 4.04. The number of halogens is 2. The average Bonchev–Trinajstić information content (AvgIpc) is 2.50. The van der Waals surface area contributed by atoms with Crippen molar-refractivity contribution >= 4 is 37.6 Å². The van der Waals surface area contributed by atoms with Gasteiger partial charge in [0, 0.05) is 6.07 Å². The molecule has 5 heteroatoms. The Morgan fingerprint density at radius 3 is 2.67 bits per heavy atom. The lowest BCUT2D eigenvalue weighted by atomic mass is 10.0. The quantitative estimate of drug-likeness (QED) is 0.705. The minimum Gasteiger partial charge on any atom is -0.490 e. The first kappa shape index (κ1) is 14.6. The molecule has 3 rings (SSSR count). The third-order valence-electron chi connectivity index (χ3n) is 3.19. The Morgan fingerprint density at radius 1 is 1.14 bits per heavy atom. The van der Waals surface area contributed by atoms with Gasteiger partial charge >= 0.3 is 0 Å². The van der Waals surface area contributed by atoms with E-state index in [0.717, 1.165) is 5.56 Å². The van der Waals surface area contributed by atoms with Gasteiger partial charge in [-0.2, -0.15) is 0 Å². The highest BCUT2D eigenvalue weighted by atomic mass is 79.9. The molecular formula is C16H12Br2O3. The largest absolute Gasteiger partial charge is 0.490 e. The summed E-state index contributed by atoms with van der Waals surface area (Å²) in [6, 6.07) is 15.2. The predicted molar refractivity (Wildman–Crippen MR) is 87.6 cm³/mol. The second-order valence-corrected chi connectivity index (χ2v) is 8.53. The van der Waals surface area contributed by atoms with Crippen molar-refractivity contribution in [2.75, 3.05) is 6.61 Å². The lowest BCUT2D eigenvalue weighted by Gasteiger charge is -2.26. The fourth-order valence-corrected chi connectivity index (χ4v) is 2.73. The molecule has 0 bridgehead atoms. The molecule has 108 valence electrons. The summed E-state index contributed by atoms with van der Waals surface area (Å²) in [5.41, 5.74) is 1.63. The Hall–Kier alpha value is -1.33. The van der Waals surface area contributed by atoms with E-state index >= 15 is 0 Å². The van der Waals surface area contributed by atoms with E-state index < -0.39 is 3.23 Å². The first-order chi connectivity index (χ1) is 10.1. The van der Waals surface area contributed by atoms with Crippen molar-refractivity contribution in [3.8, 4) is 11.5 Å². The van der Waals surface area contributed by atoms with Gasteiger partial charge in [-0.15, -0.1) is 0 Å². The SMILES string of the molecule is O=C1c2ccc(OCc3ccccc3)cc2OCC1(Br)Br. The predicted octanol–water partition coefficient (Wildman–Crippen LogP) is 4.33. The molecule has 0 saturated heterocycles. The van der Waals surface area contributed by atoms with E-state index in [1.165, 1.54) is 0 Å². The lowest BCUT2D eigenvalue weighted by molar-refractivity contribution is 0.0933. The Labute approximate surface area is 139 Å². The number of carbonyl (C=O) groups excluding carboxylic acids is 1. The van der Waals surface area contributed by atoms with Crippen LogP contribution in [0.4, 0.5) is 0 Å². The summed E-state index contributed by atoms with van der Waals surface area (Å²) in [5.74, 6) is 1.19. The second-order valence-electron chi connectivity index (χ2n) is 4.75. The first-order valence-corrected chi connectivity index (χ1v) is 8.01. The van der Waals surface area contributed by atoms with Crippen LogP contribution in [0.1, 0.15) is 15.9 Å². The molecule has 0 N–H and O–H groups in total. The molecule has 0 fully saturated rings. The molecule has 3 nitrogen and oxygen atoms in total. The molecule has 0 atom stereocenters. The second kappa shape index (κ2) is 5.81. The van der Waals surface area contributed by atoms with Gasteiger partial charge in [-0.3, -0.25) is 4.79 Å². The topological polar surface area (TPSA) is 35.5 Å². The number of alkyl halides is 2. The van der Waals surface area contributed by atoms with E-state index in [4.69, 9.17) is 9.47 Å². The maximum Gasteiger partial charge on any atom is 0.197 e. The fraction of sp³-hybridized carbons (Fsp3) is 0.188. The molecule has 0 spiro atoms. The van der Waals surface area contributed by atoms with Crippen LogP contribution in [0.3, 0.4) is 0 Å². The minimum absolute atomic E-state index is 0.0432. The van der Waals surface area contributed by atoms with Gasteiger partial charge < -0.3 is 9.47 Å². The van der Waals surface area contributed by atoms with Crippen LogP contribution in [0.5, 0.6) is 11.5 Å². The van der Waals surface area contributed by atoms with Gasteiger partial charge in [0.25, 0.3) is 0 Å². The number of ketones is 1. The van der Waals surface area contributed by atoms with Crippen LogP contribution in [0, 0.1) is 0 Å². The van der Waals surface area contributed by atoms with Crippen molar-refractivity contribution in [1.29, 1.82) is 0 Å². The summed E-state index contributed by atoms with van der Waals surface area (Å²) in [6.07, 6.45) is 0. The molecule has 0 radical (unpaired) electrons. The van der Waals surface area contributed by atoms with Crippen LogP contribution >= 0.6 is 31.9 Å².